The van der Waals surface area contributed by atoms with Gasteiger partial charge in [0.25, 0.3) is 0 Å². The van der Waals surface area contributed by atoms with Crippen LogP contribution in [0.25, 0.3) is 0 Å². The molecule has 6 nitrogen and oxygen atoms in total. The van der Waals surface area contributed by atoms with Crippen molar-refractivity contribution >= 4 is 11.9 Å². The summed E-state index contributed by atoms with van der Waals surface area (Å²) in [5.74, 6) is -1.36. The van der Waals surface area contributed by atoms with E-state index in [9.17, 15) is 9.59 Å². The van der Waals surface area contributed by atoms with E-state index < -0.39 is 17.4 Å². The summed E-state index contributed by atoms with van der Waals surface area (Å²) in [7, 11) is 5.64. The van der Waals surface area contributed by atoms with E-state index in [0.29, 0.717) is 12.8 Å². The Morgan fingerprint density at radius 2 is 1.77 bits per heavy atom. The first-order valence-corrected chi connectivity index (χ1v) is 7.12. The van der Waals surface area contributed by atoms with Gasteiger partial charge in [-0.25, -0.2) is 0 Å². The van der Waals surface area contributed by atoms with Gasteiger partial charge >= 0.3 is 11.9 Å². The van der Waals surface area contributed by atoms with Crippen molar-refractivity contribution in [2.24, 2.45) is 11.3 Å². The van der Waals surface area contributed by atoms with E-state index in [-0.39, 0.29) is 12.3 Å². The third kappa shape index (κ3) is 3.61. The first-order valence-electron chi connectivity index (χ1n) is 7.12. The normalized spacial score (nSPS) is 20.2. The lowest BCUT2D eigenvalue weighted by molar-refractivity contribution is -0.173. The number of hydrogen-bond donors (Lipinski definition) is 0. The molecule has 0 heterocycles. The first kappa shape index (κ1) is 18.1. The molecule has 0 N–H and O–H groups in total. The number of carbonyl (C=O) groups excluding carboxylic acids is 2. The van der Waals surface area contributed by atoms with Crippen molar-refractivity contribution in [3.63, 3.8) is 0 Å². The number of carbonyl (C=O) groups is 2. The van der Waals surface area contributed by atoms with Crippen molar-refractivity contribution in [2.45, 2.75) is 25.7 Å². The molecule has 0 bridgehead atoms. The van der Waals surface area contributed by atoms with Crippen LogP contribution in [0.1, 0.15) is 25.7 Å². The molecule has 1 unspecified atom stereocenters. The maximum Gasteiger partial charge on any atom is 0.323 e. The van der Waals surface area contributed by atoms with Crippen LogP contribution in [0.4, 0.5) is 0 Å². The van der Waals surface area contributed by atoms with Gasteiger partial charge in [0, 0.05) is 0 Å². The van der Waals surface area contributed by atoms with Gasteiger partial charge in [-0.05, 0) is 43.3 Å². The van der Waals surface area contributed by atoms with Crippen LogP contribution in [-0.4, -0.2) is 40.4 Å². The zero-order chi connectivity index (χ0) is 16.6. The molecule has 124 valence electrons. The van der Waals surface area contributed by atoms with Crippen molar-refractivity contribution in [3.05, 3.63) is 24.2 Å². The largest absolute Gasteiger partial charge is 0.505 e. The highest BCUT2D eigenvalue weighted by Crippen LogP contribution is 2.46. The Morgan fingerprint density at radius 3 is 2.27 bits per heavy atom. The minimum atomic E-state index is -1.36. The second-order valence-electron chi connectivity index (χ2n) is 5.22. The minimum absolute atomic E-state index is 0.172. The maximum absolute atomic E-state index is 12.4. The predicted octanol–water partition coefficient (Wildman–Crippen LogP) is 2.20. The standard InChI is InChI=1S/C16H24O6/c1-19-9-5-8-16(14(17)21-3,15(18)22-4)13-7-6-12(10-13)11-20-2/h5,9,11,13H,6-8,10H2,1-4H3/b9-5-,12-11+. The number of ether oxygens (including phenoxy) is 4. The van der Waals surface area contributed by atoms with Gasteiger partial charge in [-0.15, -0.1) is 0 Å². The highest BCUT2D eigenvalue weighted by Gasteiger charge is 2.54. The highest BCUT2D eigenvalue weighted by atomic mass is 16.5. The Bertz CT molecular complexity index is 436. The summed E-state index contributed by atoms with van der Waals surface area (Å²) in [5, 5.41) is 0. The number of hydrogen-bond acceptors (Lipinski definition) is 6. The van der Waals surface area contributed by atoms with Crippen LogP contribution in [0.3, 0.4) is 0 Å². The molecule has 0 aromatic carbocycles. The third-order valence-electron chi connectivity index (χ3n) is 4.08. The minimum Gasteiger partial charge on any atom is -0.505 e. The average molecular weight is 312 g/mol. The van der Waals surface area contributed by atoms with E-state index in [1.165, 1.54) is 27.6 Å². The van der Waals surface area contributed by atoms with Crippen molar-refractivity contribution in [1.29, 1.82) is 0 Å². The summed E-state index contributed by atoms with van der Waals surface area (Å²) >= 11 is 0. The molecule has 1 fully saturated rings. The molecule has 1 saturated carbocycles. The Morgan fingerprint density at radius 1 is 1.14 bits per heavy atom. The van der Waals surface area contributed by atoms with Crippen LogP contribution >= 0.6 is 0 Å². The van der Waals surface area contributed by atoms with E-state index in [2.05, 4.69) is 0 Å². The molecule has 0 radical (unpaired) electrons. The lowest BCUT2D eigenvalue weighted by Gasteiger charge is -2.32. The molecular formula is C16H24O6. The lowest BCUT2D eigenvalue weighted by atomic mass is 9.71. The Hall–Kier alpha value is -1.98. The Kier molecular flexibility index (Phi) is 6.95. The highest BCUT2D eigenvalue weighted by molar-refractivity contribution is 6.00. The van der Waals surface area contributed by atoms with Crippen molar-refractivity contribution in [1.82, 2.24) is 0 Å². The van der Waals surface area contributed by atoms with Crippen LogP contribution < -0.4 is 0 Å². The number of methoxy groups -OCH3 is 4. The van der Waals surface area contributed by atoms with Gasteiger partial charge in [0.15, 0.2) is 5.41 Å². The van der Waals surface area contributed by atoms with Crippen molar-refractivity contribution in [3.8, 4) is 0 Å². The van der Waals surface area contributed by atoms with E-state index in [1.807, 2.05) is 0 Å². The molecule has 0 aromatic rings. The van der Waals surface area contributed by atoms with Crippen LogP contribution in [0.5, 0.6) is 0 Å². The molecule has 0 aliphatic heterocycles. The maximum atomic E-state index is 12.4. The average Bonchev–Trinajstić information content (AvgIpc) is 2.99. The second kappa shape index (κ2) is 8.46. The van der Waals surface area contributed by atoms with Gasteiger partial charge in [-0.3, -0.25) is 9.59 Å². The quantitative estimate of drug-likeness (QED) is 0.408. The summed E-state index contributed by atoms with van der Waals surface area (Å²) in [5.41, 5.74) is -0.289. The Balaban J connectivity index is 3.18. The van der Waals surface area contributed by atoms with Crippen LogP contribution in [0.2, 0.25) is 0 Å². The molecule has 0 saturated heterocycles. The van der Waals surface area contributed by atoms with Crippen LogP contribution in [0.15, 0.2) is 24.2 Å². The van der Waals surface area contributed by atoms with E-state index in [0.717, 1.165) is 12.0 Å². The fourth-order valence-corrected chi connectivity index (χ4v) is 3.02. The molecule has 1 rings (SSSR count). The summed E-state index contributed by atoms with van der Waals surface area (Å²) in [6.45, 7) is 0. The molecule has 1 aliphatic carbocycles. The van der Waals surface area contributed by atoms with Gasteiger partial charge in [0.1, 0.15) is 0 Å². The Labute approximate surface area is 131 Å². The second-order valence-corrected chi connectivity index (χ2v) is 5.22. The summed E-state index contributed by atoms with van der Waals surface area (Å²) in [6, 6.07) is 0. The zero-order valence-electron chi connectivity index (χ0n) is 13.6. The third-order valence-corrected chi connectivity index (χ3v) is 4.08. The molecule has 0 amide bonds. The summed E-state index contributed by atoms with van der Waals surface area (Å²) in [6.07, 6.45) is 7.00. The van der Waals surface area contributed by atoms with Gasteiger partial charge in [0.05, 0.1) is 41.0 Å². The van der Waals surface area contributed by atoms with Crippen LogP contribution in [-0.2, 0) is 28.5 Å². The molecule has 22 heavy (non-hydrogen) atoms. The lowest BCUT2D eigenvalue weighted by Crippen LogP contribution is -2.46. The molecular weight excluding hydrogens is 288 g/mol. The number of esters is 2. The zero-order valence-corrected chi connectivity index (χ0v) is 13.6. The summed E-state index contributed by atoms with van der Waals surface area (Å²) < 4.78 is 19.7. The molecule has 6 heteroatoms. The van der Waals surface area contributed by atoms with Gasteiger partial charge in [-0.2, -0.15) is 0 Å². The van der Waals surface area contributed by atoms with E-state index in [4.69, 9.17) is 18.9 Å². The van der Waals surface area contributed by atoms with Gasteiger partial charge in [0.2, 0.25) is 0 Å². The van der Waals surface area contributed by atoms with Gasteiger partial charge in [-0.1, -0.05) is 0 Å². The predicted molar refractivity (Wildman–Crippen MR) is 79.7 cm³/mol. The fraction of sp³-hybridized carbons (Fsp3) is 0.625. The first-order chi connectivity index (χ1) is 10.6. The van der Waals surface area contributed by atoms with Crippen LogP contribution in [0, 0.1) is 11.3 Å². The molecule has 0 spiro atoms. The smallest absolute Gasteiger partial charge is 0.323 e. The fourth-order valence-electron chi connectivity index (χ4n) is 3.02. The van der Waals surface area contributed by atoms with Gasteiger partial charge < -0.3 is 18.9 Å². The van der Waals surface area contributed by atoms with Crippen molar-refractivity contribution in [2.75, 3.05) is 28.4 Å². The monoisotopic (exact) mass is 312 g/mol. The SMILES string of the molecule is CO/C=C\CC(C(=O)OC)(C(=O)OC)C1CC/C(=C\OC)C1. The molecule has 1 aliphatic rings. The molecule has 1 atom stereocenters. The number of rotatable bonds is 7. The number of allylic oxidation sites excluding steroid dienone is 2. The summed E-state index contributed by atoms with van der Waals surface area (Å²) in [4.78, 5) is 24.9. The van der Waals surface area contributed by atoms with E-state index in [1.54, 1.807) is 19.4 Å². The molecule has 0 aromatic heterocycles. The van der Waals surface area contributed by atoms with E-state index >= 15 is 0 Å². The topological polar surface area (TPSA) is 71.1 Å². The van der Waals surface area contributed by atoms with Crippen molar-refractivity contribution < 1.29 is 28.5 Å².